The summed E-state index contributed by atoms with van der Waals surface area (Å²) in [4.78, 5) is 0. The van der Waals surface area contributed by atoms with Crippen molar-refractivity contribution >= 4 is 0 Å². The van der Waals surface area contributed by atoms with Gasteiger partial charge < -0.3 is 10.4 Å². The van der Waals surface area contributed by atoms with Gasteiger partial charge in [0.1, 0.15) is 0 Å². The molecule has 1 unspecified atom stereocenters. The molecule has 0 aromatic carbocycles. The first-order valence-corrected chi connectivity index (χ1v) is 4.16. The van der Waals surface area contributed by atoms with Crippen molar-refractivity contribution in [1.29, 1.82) is 0 Å². The van der Waals surface area contributed by atoms with Gasteiger partial charge in [-0.3, -0.25) is 0 Å². The largest absolute Gasteiger partial charge is 0.392 e. The van der Waals surface area contributed by atoms with E-state index in [-0.39, 0.29) is 6.10 Å². The third-order valence-corrected chi connectivity index (χ3v) is 1.40. The molecule has 0 fully saturated rings. The number of hydrogen-bond acceptors (Lipinski definition) is 2. The van der Waals surface area contributed by atoms with E-state index in [1.807, 2.05) is 0 Å². The second-order valence-electron chi connectivity index (χ2n) is 2.76. The van der Waals surface area contributed by atoms with Crippen LogP contribution in [0.4, 0.5) is 0 Å². The number of nitrogens with one attached hydrogen (secondary N) is 1. The first-order chi connectivity index (χ1) is 4.77. The molecule has 0 saturated carbocycles. The van der Waals surface area contributed by atoms with Crippen LogP contribution in [0.15, 0.2) is 0 Å². The second-order valence-corrected chi connectivity index (χ2v) is 2.76. The predicted molar refractivity (Wildman–Crippen MR) is 44.1 cm³/mol. The molecule has 0 aliphatic carbocycles. The number of aliphatic hydroxyl groups is 1. The summed E-state index contributed by atoms with van der Waals surface area (Å²) in [6, 6.07) is 0. The van der Waals surface area contributed by atoms with Gasteiger partial charge in [-0.25, -0.2) is 0 Å². The van der Waals surface area contributed by atoms with Crippen molar-refractivity contribution in [2.75, 3.05) is 13.1 Å². The lowest BCUT2D eigenvalue weighted by Gasteiger charge is -2.05. The number of aliphatic hydroxyl groups excluding tert-OH is 1. The van der Waals surface area contributed by atoms with Gasteiger partial charge in [-0.05, 0) is 19.9 Å². The highest BCUT2D eigenvalue weighted by molar-refractivity contribution is 4.52. The molecule has 0 spiro atoms. The zero-order valence-corrected chi connectivity index (χ0v) is 7.06. The maximum atomic E-state index is 8.85. The van der Waals surface area contributed by atoms with Gasteiger partial charge in [0.25, 0.3) is 0 Å². The Labute approximate surface area is 63.6 Å². The highest BCUT2D eigenvalue weighted by Crippen LogP contribution is 1.90. The SMILES string of the molecule is CCCCCNCC(C)O. The topological polar surface area (TPSA) is 32.3 Å². The van der Waals surface area contributed by atoms with Gasteiger partial charge in [0.05, 0.1) is 6.10 Å². The summed E-state index contributed by atoms with van der Waals surface area (Å²) < 4.78 is 0. The Morgan fingerprint density at radius 3 is 2.60 bits per heavy atom. The van der Waals surface area contributed by atoms with Gasteiger partial charge in [0, 0.05) is 6.54 Å². The Morgan fingerprint density at radius 1 is 1.40 bits per heavy atom. The van der Waals surface area contributed by atoms with E-state index in [9.17, 15) is 0 Å². The fourth-order valence-electron chi connectivity index (χ4n) is 0.811. The van der Waals surface area contributed by atoms with E-state index in [0.717, 1.165) is 13.1 Å². The highest BCUT2D eigenvalue weighted by Gasteiger charge is 1.92. The molecule has 2 N–H and O–H groups in total. The Hall–Kier alpha value is -0.0800. The molecule has 0 aromatic rings. The molecule has 0 aromatic heterocycles. The second kappa shape index (κ2) is 7.03. The third kappa shape index (κ3) is 7.92. The van der Waals surface area contributed by atoms with Crippen LogP contribution in [0, 0.1) is 0 Å². The van der Waals surface area contributed by atoms with Gasteiger partial charge in [-0.1, -0.05) is 19.8 Å². The Kier molecular flexibility index (Phi) is 6.98. The summed E-state index contributed by atoms with van der Waals surface area (Å²) in [5.41, 5.74) is 0. The molecule has 10 heavy (non-hydrogen) atoms. The smallest absolute Gasteiger partial charge is 0.0636 e. The Bertz CT molecular complexity index is 64.3. The predicted octanol–water partition coefficient (Wildman–Crippen LogP) is 1.15. The molecular formula is C8H19NO. The molecule has 0 heterocycles. The van der Waals surface area contributed by atoms with Crippen molar-refractivity contribution in [3.05, 3.63) is 0 Å². The molecule has 2 nitrogen and oxygen atoms in total. The van der Waals surface area contributed by atoms with E-state index in [1.165, 1.54) is 19.3 Å². The molecule has 2 heteroatoms. The van der Waals surface area contributed by atoms with Gasteiger partial charge >= 0.3 is 0 Å². The lowest BCUT2D eigenvalue weighted by atomic mass is 10.2. The zero-order valence-electron chi connectivity index (χ0n) is 7.06. The number of hydrogen-bond donors (Lipinski definition) is 2. The molecule has 0 rings (SSSR count). The maximum absolute atomic E-state index is 8.85. The van der Waals surface area contributed by atoms with E-state index < -0.39 is 0 Å². The molecule has 0 bridgehead atoms. The van der Waals surface area contributed by atoms with Crippen LogP contribution >= 0.6 is 0 Å². The van der Waals surface area contributed by atoms with Gasteiger partial charge in [-0.15, -0.1) is 0 Å². The minimum Gasteiger partial charge on any atom is -0.392 e. The van der Waals surface area contributed by atoms with Crippen molar-refractivity contribution in [2.45, 2.75) is 39.2 Å². The fraction of sp³-hybridized carbons (Fsp3) is 1.00. The van der Waals surface area contributed by atoms with Crippen LogP contribution in [-0.2, 0) is 0 Å². The van der Waals surface area contributed by atoms with Gasteiger partial charge in [-0.2, -0.15) is 0 Å². The quantitative estimate of drug-likeness (QED) is 0.549. The van der Waals surface area contributed by atoms with Crippen LogP contribution in [-0.4, -0.2) is 24.3 Å². The van der Waals surface area contributed by atoms with Crippen molar-refractivity contribution in [3.8, 4) is 0 Å². The minimum atomic E-state index is -0.207. The molecular weight excluding hydrogens is 126 g/mol. The van der Waals surface area contributed by atoms with E-state index in [4.69, 9.17) is 5.11 Å². The molecule has 1 atom stereocenters. The van der Waals surface area contributed by atoms with Crippen molar-refractivity contribution in [1.82, 2.24) is 5.32 Å². The molecule has 0 saturated heterocycles. The molecule has 0 amide bonds. The van der Waals surface area contributed by atoms with Gasteiger partial charge in [0.15, 0.2) is 0 Å². The van der Waals surface area contributed by atoms with Gasteiger partial charge in [0.2, 0.25) is 0 Å². The van der Waals surface area contributed by atoms with Crippen molar-refractivity contribution < 1.29 is 5.11 Å². The minimum absolute atomic E-state index is 0.207. The number of rotatable bonds is 6. The Balaban J connectivity index is 2.77. The van der Waals surface area contributed by atoms with E-state index in [0.29, 0.717) is 0 Å². The summed E-state index contributed by atoms with van der Waals surface area (Å²) in [6.07, 6.45) is 3.56. The Morgan fingerprint density at radius 2 is 2.10 bits per heavy atom. The first-order valence-electron chi connectivity index (χ1n) is 4.16. The summed E-state index contributed by atoms with van der Waals surface area (Å²) in [5.74, 6) is 0. The molecule has 62 valence electrons. The highest BCUT2D eigenvalue weighted by atomic mass is 16.3. The average molecular weight is 145 g/mol. The van der Waals surface area contributed by atoms with Crippen LogP contribution < -0.4 is 5.32 Å². The van der Waals surface area contributed by atoms with Crippen LogP contribution in [0.25, 0.3) is 0 Å². The first kappa shape index (κ1) is 9.92. The lowest BCUT2D eigenvalue weighted by Crippen LogP contribution is -2.25. The lowest BCUT2D eigenvalue weighted by molar-refractivity contribution is 0.191. The summed E-state index contributed by atoms with van der Waals surface area (Å²) in [5, 5.41) is 12.0. The molecule has 0 radical (unpaired) electrons. The van der Waals surface area contributed by atoms with Crippen LogP contribution in [0.3, 0.4) is 0 Å². The van der Waals surface area contributed by atoms with Crippen molar-refractivity contribution in [2.24, 2.45) is 0 Å². The molecule has 0 aliphatic heterocycles. The van der Waals surface area contributed by atoms with Crippen LogP contribution in [0.1, 0.15) is 33.1 Å². The third-order valence-electron chi connectivity index (χ3n) is 1.40. The number of unbranched alkanes of at least 4 members (excludes halogenated alkanes) is 2. The molecule has 0 aliphatic rings. The zero-order chi connectivity index (χ0) is 7.82. The van der Waals surface area contributed by atoms with E-state index in [2.05, 4.69) is 12.2 Å². The van der Waals surface area contributed by atoms with E-state index in [1.54, 1.807) is 6.92 Å². The van der Waals surface area contributed by atoms with Crippen molar-refractivity contribution in [3.63, 3.8) is 0 Å². The fourth-order valence-corrected chi connectivity index (χ4v) is 0.811. The average Bonchev–Trinajstić information content (AvgIpc) is 1.87. The van der Waals surface area contributed by atoms with E-state index >= 15 is 0 Å². The van der Waals surface area contributed by atoms with Crippen LogP contribution in [0.5, 0.6) is 0 Å². The monoisotopic (exact) mass is 145 g/mol. The summed E-state index contributed by atoms with van der Waals surface area (Å²) in [7, 11) is 0. The normalized spacial score (nSPS) is 13.5. The summed E-state index contributed by atoms with van der Waals surface area (Å²) >= 11 is 0. The van der Waals surface area contributed by atoms with Crippen LogP contribution in [0.2, 0.25) is 0 Å². The maximum Gasteiger partial charge on any atom is 0.0636 e. The summed E-state index contributed by atoms with van der Waals surface area (Å²) in [6.45, 7) is 5.75. The standard InChI is InChI=1S/C8H19NO/c1-3-4-5-6-9-7-8(2)10/h8-10H,3-7H2,1-2H3.